The third-order valence-corrected chi connectivity index (χ3v) is 7.17. The molecule has 2 aromatic heterocycles. The first kappa shape index (κ1) is 22.6. The molecule has 1 aliphatic rings. The Hall–Kier alpha value is -3.23. The lowest BCUT2D eigenvalue weighted by Crippen LogP contribution is -2.43. The molecule has 0 radical (unpaired) electrons. The Labute approximate surface area is 203 Å². The summed E-state index contributed by atoms with van der Waals surface area (Å²) in [5, 5.41) is 13.5. The Kier molecular flexibility index (Phi) is 6.60. The highest BCUT2D eigenvalue weighted by molar-refractivity contribution is 7.10. The van der Waals surface area contributed by atoms with Crippen LogP contribution in [-0.4, -0.2) is 36.1 Å². The van der Waals surface area contributed by atoms with Gasteiger partial charge in [0, 0.05) is 42.1 Å². The van der Waals surface area contributed by atoms with Crippen molar-refractivity contribution in [1.29, 1.82) is 0 Å². The fourth-order valence-corrected chi connectivity index (χ4v) is 5.21. The Bertz CT molecular complexity index is 1270. The summed E-state index contributed by atoms with van der Waals surface area (Å²) in [5.74, 6) is 1.06. The highest BCUT2D eigenvalue weighted by atomic mass is 32.1. The number of rotatable bonds is 7. The summed E-state index contributed by atoms with van der Waals surface area (Å²) in [5.41, 5.74) is 3.35. The van der Waals surface area contributed by atoms with Gasteiger partial charge in [-0.25, -0.2) is 9.37 Å². The number of benzene rings is 2. The molecule has 176 valence electrons. The lowest BCUT2D eigenvalue weighted by molar-refractivity contribution is 0.590. The number of thiophene rings is 1. The summed E-state index contributed by atoms with van der Waals surface area (Å²) in [6, 6.07) is 15.6. The topological polar surface area (TPSA) is 65.1 Å². The van der Waals surface area contributed by atoms with Crippen LogP contribution in [-0.2, 0) is 0 Å². The lowest BCUT2D eigenvalue weighted by Gasteiger charge is -2.30. The smallest absolute Gasteiger partial charge is 0.229 e. The molecule has 1 fully saturated rings. The molecule has 0 unspecified atom stereocenters. The van der Waals surface area contributed by atoms with E-state index in [0.29, 0.717) is 11.5 Å². The minimum Gasteiger partial charge on any atom is -0.367 e. The number of hydrogen-bond acceptors (Lipinski definition) is 7. The number of aryl methyl sites for hydroxylation is 1. The molecule has 6 nitrogen and oxygen atoms in total. The second-order valence-corrected chi connectivity index (χ2v) is 9.50. The number of para-hydroxylation sites is 1. The SMILES string of the molecule is CC[C@@H](Nc1nc(Nc2ccc(F)c(C)c2)nc2c(N3CCNCC3)cccc12)c1cccs1. The monoisotopic (exact) mass is 476 g/mol. The van der Waals surface area contributed by atoms with E-state index in [-0.39, 0.29) is 11.9 Å². The van der Waals surface area contributed by atoms with E-state index in [1.807, 2.05) is 0 Å². The zero-order chi connectivity index (χ0) is 23.5. The largest absolute Gasteiger partial charge is 0.367 e. The van der Waals surface area contributed by atoms with Crippen LogP contribution in [0.25, 0.3) is 10.9 Å². The first-order valence-electron chi connectivity index (χ1n) is 11.7. The molecule has 0 aliphatic carbocycles. The third kappa shape index (κ3) is 4.69. The minimum absolute atomic E-state index is 0.154. The molecule has 2 aromatic carbocycles. The third-order valence-electron chi connectivity index (χ3n) is 6.18. The fourth-order valence-electron chi connectivity index (χ4n) is 4.34. The number of halogens is 1. The van der Waals surface area contributed by atoms with Gasteiger partial charge in [0.25, 0.3) is 0 Å². The molecule has 0 saturated carbocycles. The Morgan fingerprint density at radius 3 is 2.71 bits per heavy atom. The van der Waals surface area contributed by atoms with Crippen molar-refractivity contribution in [1.82, 2.24) is 15.3 Å². The van der Waals surface area contributed by atoms with Gasteiger partial charge in [0.05, 0.1) is 11.7 Å². The molecule has 4 aromatic rings. The first-order chi connectivity index (χ1) is 16.6. The van der Waals surface area contributed by atoms with Crippen LogP contribution in [0.15, 0.2) is 53.9 Å². The van der Waals surface area contributed by atoms with Crippen LogP contribution in [0.4, 0.5) is 27.5 Å². The highest BCUT2D eigenvalue weighted by Gasteiger charge is 2.19. The van der Waals surface area contributed by atoms with Gasteiger partial charge in [-0.3, -0.25) is 0 Å². The molecule has 34 heavy (non-hydrogen) atoms. The van der Waals surface area contributed by atoms with Gasteiger partial charge in [0.1, 0.15) is 17.2 Å². The lowest BCUT2D eigenvalue weighted by atomic mass is 10.1. The van der Waals surface area contributed by atoms with Gasteiger partial charge in [-0.1, -0.05) is 19.1 Å². The van der Waals surface area contributed by atoms with E-state index in [2.05, 4.69) is 63.5 Å². The molecular weight excluding hydrogens is 447 g/mol. The molecule has 3 N–H and O–H groups in total. The van der Waals surface area contributed by atoms with Crippen molar-refractivity contribution < 1.29 is 4.39 Å². The van der Waals surface area contributed by atoms with Crippen molar-refractivity contribution >= 4 is 45.4 Å². The fraction of sp³-hybridized carbons (Fsp3) is 0.308. The highest BCUT2D eigenvalue weighted by Crippen LogP contribution is 2.34. The van der Waals surface area contributed by atoms with Crippen LogP contribution in [0.5, 0.6) is 0 Å². The summed E-state index contributed by atoms with van der Waals surface area (Å²) >= 11 is 1.74. The number of nitrogens with one attached hydrogen (secondary N) is 3. The Morgan fingerprint density at radius 2 is 1.97 bits per heavy atom. The predicted octanol–water partition coefficient (Wildman–Crippen LogP) is 5.86. The van der Waals surface area contributed by atoms with Crippen molar-refractivity contribution in [3.63, 3.8) is 0 Å². The van der Waals surface area contributed by atoms with Gasteiger partial charge in [-0.15, -0.1) is 11.3 Å². The van der Waals surface area contributed by atoms with E-state index in [1.165, 1.54) is 10.9 Å². The average molecular weight is 477 g/mol. The number of piperazine rings is 1. The van der Waals surface area contributed by atoms with Crippen LogP contribution in [0, 0.1) is 12.7 Å². The van der Waals surface area contributed by atoms with E-state index in [0.717, 1.165) is 60.7 Å². The summed E-state index contributed by atoms with van der Waals surface area (Å²) in [4.78, 5) is 13.5. The van der Waals surface area contributed by atoms with Gasteiger partial charge in [-0.05, 0) is 60.7 Å². The molecule has 0 amide bonds. The average Bonchev–Trinajstić information content (AvgIpc) is 3.40. The molecule has 0 bridgehead atoms. The molecular formula is C26H29FN6S. The quantitative estimate of drug-likeness (QED) is 0.311. The van der Waals surface area contributed by atoms with E-state index >= 15 is 0 Å². The summed E-state index contributed by atoms with van der Waals surface area (Å²) < 4.78 is 13.8. The normalized spacial score (nSPS) is 14.9. The summed E-state index contributed by atoms with van der Waals surface area (Å²) in [6.45, 7) is 7.68. The zero-order valence-corrected chi connectivity index (χ0v) is 20.3. The van der Waals surface area contributed by atoms with Crippen molar-refractivity contribution in [3.05, 3.63) is 70.2 Å². The molecule has 3 heterocycles. The maximum absolute atomic E-state index is 13.8. The molecule has 5 rings (SSSR count). The Balaban J connectivity index is 1.60. The molecule has 1 saturated heterocycles. The summed E-state index contributed by atoms with van der Waals surface area (Å²) in [7, 11) is 0. The van der Waals surface area contributed by atoms with Crippen LogP contribution in [0.3, 0.4) is 0 Å². The van der Waals surface area contributed by atoms with Crippen LogP contribution in [0.1, 0.15) is 29.8 Å². The van der Waals surface area contributed by atoms with Gasteiger partial charge < -0.3 is 20.9 Å². The second-order valence-electron chi connectivity index (χ2n) is 8.52. The summed E-state index contributed by atoms with van der Waals surface area (Å²) in [6.07, 6.45) is 0.934. The number of anilines is 4. The maximum atomic E-state index is 13.8. The van der Waals surface area contributed by atoms with Crippen molar-refractivity contribution in [2.75, 3.05) is 41.7 Å². The van der Waals surface area contributed by atoms with E-state index in [9.17, 15) is 4.39 Å². The predicted molar refractivity (Wildman–Crippen MR) is 140 cm³/mol. The standard InChI is InChI=1S/C26H29FN6S/c1-3-21(23-8-5-15-34-23)30-25-19-6-4-7-22(33-13-11-28-12-14-33)24(19)31-26(32-25)29-18-9-10-20(27)17(2)16-18/h4-10,15-16,21,28H,3,11-14H2,1-2H3,(H2,29,30,31,32)/t21-/m1/s1. The second kappa shape index (κ2) is 9.95. The van der Waals surface area contributed by atoms with Gasteiger partial charge >= 0.3 is 0 Å². The van der Waals surface area contributed by atoms with Crippen LogP contribution in [0.2, 0.25) is 0 Å². The Morgan fingerprint density at radius 1 is 1.12 bits per heavy atom. The number of fused-ring (bicyclic) bond motifs is 1. The molecule has 0 spiro atoms. The molecule has 1 atom stereocenters. The van der Waals surface area contributed by atoms with Gasteiger partial charge in [-0.2, -0.15) is 4.98 Å². The first-order valence-corrected chi connectivity index (χ1v) is 12.6. The number of aromatic nitrogens is 2. The number of nitrogens with zero attached hydrogens (tertiary/aromatic N) is 3. The van der Waals surface area contributed by atoms with Crippen molar-refractivity contribution in [2.45, 2.75) is 26.3 Å². The van der Waals surface area contributed by atoms with Crippen LogP contribution < -0.4 is 20.9 Å². The van der Waals surface area contributed by atoms with Gasteiger partial charge in [0.2, 0.25) is 5.95 Å². The van der Waals surface area contributed by atoms with Crippen LogP contribution >= 0.6 is 11.3 Å². The van der Waals surface area contributed by atoms with E-state index < -0.39 is 0 Å². The minimum atomic E-state index is -0.227. The van der Waals surface area contributed by atoms with Crippen molar-refractivity contribution in [3.8, 4) is 0 Å². The maximum Gasteiger partial charge on any atom is 0.229 e. The number of hydrogen-bond donors (Lipinski definition) is 3. The van der Waals surface area contributed by atoms with Crippen molar-refractivity contribution in [2.24, 2.45) is 0 Å². The van der Waals surface area contributed by atoms with E-state index in [4.69, 9.17) is 9.97 Å². The van der Waals surface area contributed by atoms with E-state index in [1.54, 1.807) is 30.4 Å². The molecule has 1 aliphatic heterocycles. The molecule has 8 heteroatoms. The van der Waals surface area contributed by atoms with Gasteiger partial charge in [0.15, 0.2) is 0 Å². The zero-order valence-electron chi connectivity index (χ0n) is 19.4.